The molecule has 1 N–H and O–H groups in total. The lowest BCUT2D eigenvalue weighted by atomic mass is 9.96. The van der Waals surface area contributed by atoms with E-state index in [1.165, 1.54) is 9.87 Å². The summed E-state index contributed by atoms with van der Waals surface area (Å²) < 4.78 is 26.8. The molecule has 27 heavy (non-hydrogen) atoms. The van der Waals surface area contributed by atoms with Gasteiger partial charge in [0.05, 0.1) is 4.90 Å². The molecule has 1 atom stereocenters. The van der Waals surface area contributed by atoms with Crippen LogP contribution in [0.2, 0.25) is 0 Å². The van der Waals surface area contributed by atoms with Crippen LogP contribution in [0.15, 0.2) is 65.6 Å². The first-order chi connectivity index (χ1) is 13.0. The second-order valence-corrected chi connectivity index (χ2v) is 8.99. The monoisotopic (exact) mass is 386 g/mol. The maximum absolute atomic E-state index is 12.7. The van der Waals surface area contributed by atoms with E-state index in [4.69, 9.17) is 0 Å². The van der Waals surface area contributed by atoms with Crippen molar-refractivity contribution in [3.05, 3.63) is 66.2 Å². The van der Waals surface area contributed by atoms with Crippen molar-refractivity contribution >= 4 is 15.9 Å². The molecule has 0 aromatic heterocycles. The van der Waals surface area contributed by atoms with Gasteiger partial charge in [0.15, 0.2) is 0 Å². The first-order valence-electron chi connectivity index (χ1n) is 9.36. The predicted octanol–water partition coefficient (Wildman–Crippen LogP) is 3.01. The van der Waals surface area contributed by atoms with Crippen LogP contribution >= 0.6 is 0 Å². The van der Waals surface area contributed by atoms with E-state index in [0.29, 0.717) is 37.4 Å². The molecule has 0 saturated carbocycles. The van der Waals surface area contributed by atoms with Crippen LogP contribution < -0.4 is 5.32 Å². The predicted molar refractivity (Wildman–Crippen MR) is 106 cm³/mol. The van der Waals surface area contributed by atoms with Crippen molar-refractivity contribution in [3.8, 4) is 0 Å². The Kier molecular flexibility index (Phi) is 6.29. The number of carbonyl (C=O) groups excluding carboxylic acids is 1. The number of rotatable bonds is 6. The minimum atomic E-state index is -3.47. The number of piperidine rings is 1. The van der Waals surface area contributed by atoms with Gasteiger partial charge in [-0.05, 0) is 36.5 Å². The lowest BCUT2D eigenvalue weighted by Crippen LogP contribution is -2.43. The molecule has 3 rings (SSSR count). The van der Waals surface area contributed by atoms with Crippen LogP contribution in [-0.2, 0) is 14.8 Å². The zero-order valence-corrected chi connectivity index (χ0v) is 16.4. The minimum Gasteiger partial charge on any atom is -0.355 e. The summed E-state index contributed by atoms with van der Waals surface area (Å²) in [6.45, 7) is 3.43. The molecule has 5 nitrogen and oxygen atoms in total. The fourth-order valence-corrected chi connectivity index (χ4v) is 4.89. The molecule has 2 aromatic rings. The number of benzene rings is 2. The molecule has 0 bridgehead atoms. The van der Waals surface area contributed by atoms with E-state index >= 15 is 0 Å². The number of carbonyl (C=O) groups is 1. The molecule has 1 heterocycles. The van der Waals surface area contributed by atoms with Gasteiger partial charge in [0.25, 0.3) is 0 Å². The van der Waals surface area contributed by atoms with Crippen LogP contribution in [0.3, 0.4) is 0 Å². The molecular formula is C21H26N2O3S. The lowest BCUT2D eigenvalue weighted by Gasteiger charge is -2.30. The van der Waals surface area contributed by atoms with Gasteiger partial charge < -0.3 is 5.32 Å². The van der Waals surface area contributed by atoms with Gasteiger partial charge in [-0.2, -0.15) is 4.31 Å². The molecule has 0 aliphatic carbocycles. The lowest BCUT2D eigenvalue weighted by molar-refractivity contribution is -0.126. The molecule has 2 aromatic carbocycles. The molecule has 1 amide bonds. The number of nitrogens with zero attached hydrogens (tertiary/aromatic N) is 1. The van der Waals surface area contributed by atoms with Crippen LogP contribution in [0.4, 0.5) is 0 Å². The van der Waals surface area contributed by atoms with E-state index in [-0.39, 0.29) is 17.7 Å². The summed E-state index contributed by atoms with van der Waals surface area (Å²) in [5.41, 5.74) is 1.20. The Morgan fingerprint density at radius 3 is 2.19 bits per heavy atom. The van der Waals surface area contributed by atoms with E-state index in [2.05, 4.69) is 24.4 Å². The van der Waals surface area contributed by atoms with Gasteiger partial charge in [0.2, 0.25) is 15.9 Å². The summed E-state index contributed by atoms with van der Waals surface area (Å²) in [4.78, 5) is 12.8. The highest BCUT2D eigenvalue weighted by atomic mass is 32.2. The molecule has 1 unspecified atom stereocenters. The van der Waals surface area contributed by atoms with E-state index in [0.717, 1.165) is 0 Å². The van der Waals surface area contributed by atoms with Crippen molar-refractivity contribution in [2.75, 3.05) is 19.6 Å². The Morgan fingerprint density at radius 1 is 1.04 bits per heavy atom. The van der Waals surface area contributed by atoms with Gasteiger partial charge in [0, 0.05) is 25.6 Å². The summed E-state index contributed by atoms with van der Waals surface area (Å²) in [6, 6.07) is 18.6. The average molecular weight is 387 g/mol. The quantitative estimate of drug-likeness (QED) is 0.830. The van der Waals surface area contributed by atoms with Crippen molar-refractivity contribution in [2.24, 2.45) is 5.92 Å². The van der Waals surface area contributed by atoms with Crippen LogP contribution in [0.25, 0.3) is 0 Å². The van der Waals surface area contributed by atoms with Crippen molar-refractivity contribution in [1.29, 1.82) is 0 Å². The second kappa shape index (κ2) is 8.67. The summed E-state index contributed by atoms with van der Waals surface area (Å²) in [6.07, 6.45) is 1.11. The summed E-state index contributed by atoms with van der Waals surface area (Å²) in [7, 11) is -3.47. The summed E-state index contributed by atoms with van der Waals surface area (Å²) in [5, 5.41) is 3.03. The van der Waals surface area contributed by atoms with Crippen LogP contribution in [0.1, 0.15) is 31.2 Å². The van der Waals surface area contributed by atoms with Gasteiger partial charge >= 0.3 is 0 Å². The maximum Gasteiger partial charge on any atom is 0.243 e. The van der Waals surface area contributed by atoms with E-state index in [1.807, 2.05) is 18.2 Å². The van der Waals surface area contributed by atoms with E-state index in [9.17, 15) is 13.2 Å². The first kappa shape index (κ1) is 19.6. The highest BCUT2D eigenvalue weighted by molar-refractivity contribution is 7.89. The summed E-state index contributed by atoms with van der Waals surface area (Å²) >= 11 is 0. The third kappa shape index (κ3) is 4.76. The third-order valence-corrected chi connectivity index (χ3v) is 7.07. The number of amides is 1. The zero-order chi connectivity index (χ0) is 19.3. The molecular weight excluding hydrogens is 360 g/mol. The van der Waals surface area contributed by atoms with Crippen molar-refractivity contribution in [3.63, 3.8) is 0 Å². The molecule has 6 heteroatoms. The van der Waals surface area contributed by atoms with Crippen LogP contribution in [0, 0.1) is 5.92 Å². The van der Waals surface area contributed by atoms with Crippen LogP contribution in [-0.4, -0.2) is 38.3 Å². The highest BCUT2D eigenvalue weighted by Gasteiger charge is 2.31. The van der Waals surface area contributed by atoms with Crippen LogP contribution in [0.5, 0.6) is 0 Å². The highest BCUT2D eigenvalue weighted by Crippen LogP contribution is 2.24. The molecule has 1 aliphatic rings. The molecule has 0 spiro atoms. The molecule has 1 saturated heterocycles. The van der Waals surface area contributed by atoms with Gasteiger partial charge in [0.1, 0.15) is 0 Å². The zero-order valence-electron chi connectivity index (χ0n) is 15.5. The third-order valence-electron chi connectivity index (χ3n) is 5.16. The number of hydrogen-bond acceptors (Lipinski definition) is 3. The largest absolute Gasteiger partial charge is 0.355 e. The maximum atomic E-state index is 12.7. The van der Waals surface area contributed by atoms with Gasteiger partial charge in [-0.25, -0.2) is 8.42 Å². The van der Waals surface area contributed by atoms with Crippen molar-refractivity contribution < 1.29 is 13.2 Å². The molecule has 1 aliphatic heterocycles. The fraction of sp³-hybridized carbons (Fsp3) is 0.381. The molecule has 144 valence electrons. The Labute approximate surface area is 161 Å². The topological polar surface area (TPSA) is 66.5 Å². The minimum absolute atomic E-state index is 0.0227. The standard InChI is InChI=1S/C21H26N2O3S/c1-17(18-8-4-2-5-9-18)16-22-21(24)19-12-14-23(15-13-19)27(25,26)20-10-6-3-7-11-20/h2-11,17,19H,12-16H2,1H3,(H,22,24). The molecule has 0 radical (unpaired) electrons. The Morgan fingerprint density at radius 2 is 1.59 bits per heavy atom. The van der Waals surface area contributed by atoms with Crippen molar-refractivity contribution in [1.82, 2.24) is 9.62 Å². The number of sulfonamides is 1. The average Bonchev–Trinajstić information content (AvgIpc) is 2.73. The van der Waals surface area contributed by atoms with Gasteiger partial charge in [-0.1, -0.05) is 55.5 Å². The Hall–Kier alpha value is -2.18. The Bertz CT molecular complexity index is 846. The molecule has 1 fully saturated rings. The van der Waals surface area contributed by atoms with Crippen molar-refractivity contribution in [2.45, 2.75) is 30.6 Å². The fourth-order valence-electron chi connectivity index (χ4n) is 3.40. The second-order valence-electron chi connectivity index (χ2n) is 7.05. The smallest absolute Gasteiger partial charge is 0.243 e. The summed E-state index contributed by atoms with van der Waals surface area (Å²) in [5.74, 6) is 0.137. The van der Waals surface area contributed by atoms with Gasteiger partial charge in [-0.15, -0.1) is 0 Å². The normalized spacial score (nSPS) is 17.4. The first-order valence-corrected chi connectivity index (χ1v) is 10.8. The SMILES string of the molecule is CC(CNC(=O)C1CCN(S(=O)(=O)c2ccccc2)CC1)c1ccccc1. The van der Waals surface area contributed by atoms with E-state index in [1.54, 1.807) is 30.3 Å². The Balaban J connectivity index is 1.51. The number of hydrogen-bond donors (Lipinski definition) is 1. The van der Waals surface area contributed by atoms with Gasteiger partial charge in [-0.3, -0.25) is 4.79 Å². The number of nitrogens with one attached hydrogen (secondary N) is 1. The van der Waals surface area contributed by atoms with E-state index < -0.39 is 10.0 Å².